The number of para-hydroxylation sites is 1. The van der Waals surface area contributed by atoms with Gasteiger partial charge in [0.05, 0.1) is 7.11 Å². The van der Waals surface area contributed by atoms with E-state index in [0.717, 1.165) is 23.8 Å². The molecule has 1 N–H and O–H groups in total. The summed E-state index contributed by atoms with van der Waals surface area (Å²) < 4.78 is 10.8. The van der Waals surface area contributed by atoms with Gasteiger partial charge < -0.3 is 19.5 Å². The van der Waals surface area contributed by atoms with E-state index in [9.17, 15) is 0 Å². The van der Waals surface area contributed by atoms with Gasteiger partial charge in [-0.25, -0.2) is 4.99 Å². The zero-order valence-electron chi connectivity index (χ0n) is 16.9. The lowest BCUT2D eigenvalue weighted by atomic mass is 9.97. The Bertz CT molecular complexity index is 740. The normalized spacial score (nSPS) is 11.7. The number of methoxy groups -OCH3 is 1. The molecule has 0 spiro atoms. The van der Waals surface area contributed by atoms with Gasteiger partial charge in [0.15, 0.2) is 11.8 Å². The van der Waals surface area contributed by atoms with Crippen molar-refractivity contribution in [1.82, 2.24) is 20.4 Å². The first-order valence-corrected chi connectivity index (χ1v) is 8.79. The average Bonchev–Trinajstić information content (AvgIpc) is 3.08. The van der Waals surface area contributed by atoms with E-state index in [-0.39, 0.29) is 29.4 Å². The number of ether oxygens (including phenoxy) is 1. The van der Waals surface area contributed by atoms with Crippen LogP contribution < -0.4 is 10.1 Å². The quantitative estimate of drug-likeness (QED) is 0.382. The summed E-state index contributed by atoms with van der Waals surface area (Å²) in [7, 11) is 3.67. The molecule has 1 aromatic heterocycles. The summed E-state index contributed by atoms with van der Waals surface area (Å²) in [4.78, 5) is 11.1. The van der Waals surface area contributed by atoms with Gasteiger partial charge >= 0.3 is 0 Å². The number of nitrogens with one attached hydrogen (secondary N) is 1. The van der Waals surface area contributed by atoms with E-state index in [1.165, 1.54) is 0 Å². The van der Waals surface area contributed by atoms with E-state index in [0.29, 0.717) is 24.8 Å². The topological polar surface area (TPSA) is 75.8 Å². The van der Waals surface area contributed by atoms with E-state index in [2.05, 4.69) is 20.4 Å². The monoisotopic (exact) mass is 487 g/mol. The van der Waals surface area contributed by atoms with Crippen LogP contribution in [-0.2, 0) is 18.5 Å². The lowest BCUT2D eigenvalue weighted by Crippen LogP contribution is -2.38. The lowest BCUT2D eigenvalue weighted by Gasteiger charge is -2.22. The number of hydrogen-bond donors (Lipinski definition) is 1. The van der Waals surface area contributed by atoms with E-state index >= 15 is 0 Å². The van der Waals surface area contributed by atoms with Crippen molar-refractivity contribution < 1.29 is 9.26 Å². The van der Waals surface area contributed by atoms with Gasteiger partial charge in [-0.2, -0.15) is 4.98 Å². The van der Waals surface area contributed by atoms with Crippen molar-refractivity contribution in [3.8, 4) is 5.75 Å². The van der Waals surface area contributed by atoms with Crippen LogP contribution in [-0.4, -0.2) is 41.7 Å². The van der Waals surface area contributed by atoms with Gasteiger partial charge in [-0.15, -0.1) is 24.0 Å². The molecule has 8 heteroatoms. The Labute approximate surface area is 178 Å². The van der Waals surface area contributed by atoms with Gasteiger partial charge in [0.25, 0.3) is 0 Å². The third kappa shape index (κ3) is 6.67. The third-order valence-corrected chi connectivity index (χ3v) is 3.78. The summed E-state index contributed by atoms with van der Waals surface area (Å²) in [5.41, 5.74) is 0.929. The van der Waals surface area contributed by atoms with E-state index in [4.69, 9.17) is 9.26 Å². The van der Waals surface area contributed by atoms with E-state index in [1.54, 1.807) is 7.11 Å². The number of benzene rings is 1. The first kappa shape index (κ1) is 23.2. The highest BCUT2D eigenvalue weighted by atomic mass is 127. The van der Waals surface area contributed by atoms with E-state index < -0.39 is 0 Å². The van der Waals surface area contributed by atoms with Crippen molar-refractivity contribution in [1.29, 1.82) is 0 Å². The summed E-state index contributed by atoms with van der Waals surface area (Å²) in [5.74, 6) is 2.84. The van der Waals surface area contributed by atoms with Crippen LogP contribution in [0, 0.1) is 0 Å². The fourth-order valence-electron chi connectivity index (χ4n) is 2.40. The van der Waals surface area contributed by atoms with Crippen molar-refractivity contribution in [2.75, 3.05) is 20.7 Å². The predicted octanol–water partition coefficient (Wildman–Crippen LogP) is 3.59. The minimum Gasteiger partial charge on any atom is -0.496 e. The highest BCUT2D eigenvalue weighted by molar-refractivity contribution is 14.0. The number of guanidine groups is 1. The zero-order chi connectivity index (χ0) is 19.2. The maximum atomic E-state index is 5.43. The van der Waals surface area contributed by atoms with Gasteiger partial charge in [0.2, 0.25) is 5.89 Å². The highest BCUT2D eigenvalue weighted by Gasteiger charge is 2.21. The van der Waals surface area contributed by atoms with Crippen LogP contribution in [0.1, 0.15) is 45.0 Å². The second-order valence-corrected chi connectivity index (χ2v) is 7.10. The van der Waals surface area contributed by atoms with Gasteiger partial charge in [-0.05, 0) is 13.0 Å². The van der Waals surface area contributed by atoms with Gasteiger partial charge in [-0.3, -0.25) is 0 Å². The molecule has 7 nitrogen and oxygen atoms in total. The molecule has 1 aromatic carbocycles. The highest BCUT2D eigenvalue weighted by Crippen LogP contribution is 2.20. The molecule has 0 aliphatic rings. The van der Waals surface area contributed by atoms with Crippen molar-refractivity contribution in [3.05, 3.63) is 41.5 Å². The van der Waals surface area contributed by atoms with Crippen molar-refractivity contribution in [2.45, 2.75) is 46.2 Å². The Morgan fingerprint density at radius 1 is 1.30 bits per heavy atom. The van der Waals surface area contributed by atoms with Gasteiger partial charge in [0, 0.05) is 31.1 Å². The standard InChI is InChI=1S/C19H29N5O2.HI/c1-7-20-18(21-12-16-22-17(26-23-16)19(2,3)4)24(5)13-14-10-8-9-11-15(14)25-6;/h8-11H,7,12-13H2,1-6H3,(H,20,21);1H. The van der Waals surface area contributed by atoms with E-state index in [1.807, 2.05) is 63.9 Å². The summed E-state index contributed by atoms with van der Waals surface area (Å²) in [6.07, 6.45) is 0. The Morgan fingerprint density at radius 2 is 2.00 bits per heavy atom. The summed E-state index contributed by atoms with van der Waals surface area (Å²) in [6, 6.07) is 7.97. The third-order valence-electron chi connectivity index (χ3n) is 3.78. The van der Waals surface area contributed by atoms with Crippen molar-refractivity contribution in [2.24, 2.45) is 4.99 Å². The first-order chi connectivity index (χ1) is 12.3. The Balaban J connectivity index is 0.00000364. The number of aliphatic imine (C=N–C) groups is 1. The number of rotatable bonds is 6. The van der Waals surface area contributed by atoms with Crippen molar-refractivity contribution in [3.63, 3.8) is 0 Å². The molecule has 150 valence electrons. The fourth-order valence-corrected chi connectivity index (χ4v) is 2.40. The van der Waals surface area contributed by atoms with Crippen LogP contribution in [0.5, 0.6) is 5.75 Å². The Hall–Kier alpha value is -1.84. The number of nitrogens with zero attached hydrogens (tertiary/aromatic N) is 4. The second-order valence-electron chi connectivity index (χ2n) is 7.10. The van der Waals surface area contributed by atoms with Crippen LogP contribution in [0.4, 0.5) is 0 Å². The molecular weight excluding hydrogens is 457 g/mol. The van der Waals surface area contributed by atoms with Crippen LogP contribution in [0.25, 0.3) is 0 Å². The molecule has 0 atom stereocenters. The fraction of sp³-hybridized carbons (Fsp3) is 0.526. The smallest absolute Gasteiger partial charge is 0.232 e. The summed E-state index contributed by atoms with van der Waals surface area (Å²) in [6.45, 7) is 9.97. The lowest BCUT2D eigenvalue weighted by molar-refractivity contribution is 0.318. The van der Waals surface area contributed by atoms with Gasteiger partial charge in [-0.1, -0.05) is 44.1 Å². The summed E-state index contributed by atoms with van der Waals surface area (Å²) in [5, 5.41) is 7.32. The molecule has 2 aromatic rings. The number of halogens is 1. The molecule has 0 saturated heterocycles. The molecule has 0 unspecified atom stereocenters. The Kier molecular flexibility index (Phi) is 9.01. The average molecular weight is 487 g/mol. The zero-order valence-corrected chi connectivity index (χ0v) is 19.3. The molecule has 0 fully saturated rings. The van der Waals surface area contributed by atoms with Crippen LogP contribution in [0.2, 0.25) is 0 Å². The van der Waals surface area contributed by atoms with Crippen LogP contribution in [0.3, 0.4) is 0 Å². The minimum absolute atomic E-state index is 0. The molecule has 27 heavy (non-hydrogen) atoms. The Morgan fingerprint density at radius 3 is 2.59 bits per heavy atom. The van der Waals surface area contributed by atoms with Crippen molar-refractivity contribution >= 4 is 29.9 Å². The molecule has 0 saturated carbocycles. The largest absolute Gasteiger partial charge is 0.496 e. The minimum atomic E-state index is -0.167. The molecule has 0 bridgehead atoms. The molecule has 0 aliphatic carbocycles. The first-order valence-electron chi connectivity index (χ1n) is 8.79. The van der Waals surface area contributed by atoms with Crippen LogP contribution in [0.15, 0.2) is 33.8 Å². The second kappa shape index (κ2) is 10.5. The predicted molar refractivity (Wildman–Crippen MR) is 118 cm³/mol. The molecule has 2 rings (SSSR count). The maximum absolute atomic E-state index is 5.43. The summed E-state index contributed by atoms with van der Waals surface area (Å²) >= 11 is 0. The SMILES string of the molecule is CCNC(=NCc1noc(C(C)(C)C)n1)N(C)Cc1ccccc1OC.I. The molecule has 0 aliphatic heterocycles. The number of aromatic nitrogens is 2. The maximum Gasteiger partial charge on any atom is 0.232 e. The van der Waals surface area contributed by atoms with Crippen LogP contribution >= 0.6 is 24.0 Å². The molecule has 0 radical (unpaired) electrons. The molecule has 0 amide bonds. The van der Waals surface area contributed by atoms with Gasteiger partial charge in [0.1, 0.15) is 12.3 Å². The molecule has 1 heterocycles. The number of hydrogen-bond acceptors (Lipinski definition) is 5. The molecular formula is C19H30IN5O2.